The SMILES string of the molecule is N#Cc1c(F)cccc1NCCN1CCSCC1. The van der Waals surface area contributed by atoms with Crippen molar-refractivity contribution < 1.29 is 4.39 Å². The molecule has 0 spiro atoms. The number of thioether (sulfide) groups is 1. The molecular formula is C13H16FN3S. The summed E-state index contributed by atoms with van der Waals surface area (Å²) in [5.74, 6) is 1.91. The van der Waals surface area contributed by atoms with Gasteiger partial charge >= 0.3 is 0 Å². The van der Waals surface area contributed by atoms with Crippen molar-refractivity contribution in [2.75, 3.05) is 43.0 Å². The lowest BCUT2D eigenvalue weighted by atomic mass is 10.2. The summed E-state index contributed by atoms with van der Waals surface area (Å²) in [6.45, 7) is 3.89. The van der Waals surface area contributed by atoms with Crippen LogP contribution < -0.4 is 5.32 Å². The third kappa shape index (κ3) is 3.37. The Morgan fingerprint density at radius 1 is 1.39 bits per heavy atom. The number of nitrogens with zero attached hydrogens (tertiary/aromatic N) is 2. The maximum absolute atomic E-state index is 13.4. The summed E-state index contributed by atoms with van der Waals surface area (Å²) in [5, 5.41) is 12.0. The van der Waals surface area contributed by atoms with Gasteiger partial charge in [-0.2, -0.15) is 17.0 Å². The fourth-order valence-corrected chi connectivity index (χ4v) is 2.94. The highest BCUT2D eigenvalue weighted by Crippen LogP contribution is 2.17. The number of hydrogen-bond acceptors (Lipinski definition) is 4. The second-order valence-corrected chi connectivity index (χ2v) is 5.38. The summed E-state index contributed by atoms with van der Waals surface area (Å²) in [4.78, 5) is 2.38. The summed E-state index contributed by atoms with van der Waals surface area (Å²) in [7, 11) is 0. The van der Waals surface area contributed by atoms with E-state index >= 15 is 0 Å². The molecule has 5 heteroatoms. The van der Waals surface area contributed by atoms with Crippen LogP contribution in [0, 0.1) is 17.1 Å². The van der Waals surface area contributed by atoms with Crippen LogP contribution in [0.1, 0.15) is 5.56 Å². The van der Waals surface area contributed by atoms with E-state index in [1.54, 1.807) is 12.1 Å². The molecule has 0 bridgehead atoms. The van der Waals surface area contributed by atoms with Gasteiger partial charge in [0, 0.05) is 37.7 Å². The molecule has 0 amide bonds. The van der Waals surface area contributed by atoms with Gasteiger partial charge in [0.2, 0.25) is 0 Å². The number of hydrogen-bond donors (Lipinski definition) is 1. The molecule has 0 saturated carbocycles. The molecule has 96 valence electrons. The van der Waals surface area contributed by atoms with Gasteiger partial charge in [0.05, 0.1) is 5.69 Å². The van der Waals surface area contributed by atoms with Crippen LogP contribution in [-0.4, -0.2) is 42.6 Å². The van der Waals surface area contributed by atoms with E-state index in [-0.39, 0.29) is 5.56 Å². The number of benzene rings is 1. The Morgan fingerprint density at radius 3 is 2.89 bits per heavy atom. The van der Waals surface area contributed by atoms with E-state index in [4.69, 9.17) is 5.26 Å². The zero-order chi connectivity index (χ0) is 12.8. The van der Waals surface area contributed by atoms with Crippen molar-refractivity contribution in [2.45, 2.75) is 0 Å². The van der Waals surface area contributed by atoms with E-state index in [1.165, 1.54) is 17.6 Å². The second kappa shape index (κ2) is 6.62. The first-order chi connectivity index (χ1) is 8.81. The lowest BCUT2D eigenvalue weighted by Gasteiger charge is -2.26. The fraction of sp³-hybridized carbons (Fsp3) is 0.462. The van der Waals surface area contributed by atoms with Crippen molar-refractivity contribution in [1.29, 1.82) is 5.26 Å². The molecule has 0 radical (unpaired) electrons. The molecule has 1 aliphatic rings. The first-order valence-corrected chi connectivity index (χ1v) is 7.19. The number of rotatable bonds is 4. The van der Waals surface area contributed by atoms with Crippen LogP contribution in [-0.2, 0) is 0 Å². The van der Waals surface area contributed by atoms with E-state index in [9.17, 15) is 4.39 Å². The normalized spacial score (nSPS) is 16.2. The lowest BCUT2D eigenvalue weighted by molar-refractivity contribution is 0.314. The van der Waals surface area contributed by atoms with Crippen molar-refractivity contribution in [1.82, 2.24) is 4.90 Å². The van der Waals surface area contributed by atoms with E-state index in [0.717, 1.165) is 26.2 Å². The molecule has 0 aromatic heterocycles. The summed E-state index contributed by atoms with van der Waals surface area (Å²) in [5.41, 5.74) is 0.690. The highest BCUT2D eigenvalue weighted by atomic mass is 32.2. The van der Waals surface area contributed by atoms with Gasteiger partial charge in [0.15, 0.2) is 0 Å². The van der Waals surface area contributed by atoms with Gasteiger partial charge in [0.1, 0.15) is 17.4 Å². The molecule has 1 fully saturated rings. The largest absolute Gasteiger partial charge is 0.383 e. The standard InChI is InChI=1S/C13H16FN3S/c14-12-2-1-3-13(11(12)10-15)16-4-5-17-6-8-18-9-7-17/h1-3,16H,4-9H2. The number of nitrogens with one attached hydrogen (secondary N) is 1. The predicted octanol–water partition coefficient (Wildman–Crippen LogP) is 2.16. The van der Waals surface area contributed by atoms with Crippen LogP contribution in [0.2, 0.25) is 0 Å². The molecule has 1 aromatic rings. The number of anilines is 1. The summed E-state index contributed by atoms with van der Waals surface area (Å²) < 4.78 is 13.4. The monoisotopic (exact) mass is 265 g/mol. The van der Waals surface area contributed by atoms with Gasteiger partial charge in [-0.05, 0) is 12.1 Å². The molecule has 0 atom stereocenters. The van der Waals surface area contributed by atoms with Crippen molar-refractivity contribution in [3.8, 4) is 6.07 Å². The predicted molar refractivity (Wildman–Crippen MR) is 73.4 cm³/mol. The third-order valence-electron chi connectivity index (χ3n) is 2.97. The molecule has 3 nitrogen and oxygen atoms in total. The fourth-order valence-electron chi connectivity index (χ4n) is 1.96. The third-order valence-corrected chi connectivity index (χ3v) is 3.92. The Bertz CT molecular complexity index is 438. The topological polar surface area (TPSA) is 39.1 Å². The van der Waals surface area contributed by atoms with Gasteiger partial charge in [-0.25, -0.2) is 4.39 Å². The zero-order valence-electron chi connectivity index (χ0n) is 10.2. The van der Waals surface area contributed by atoms with Gasteiger partial charge < -0.3 is 5.32 Å². The van der Waals surface area contributed by atoms with Crippen molar-refractivity contribution in [2.24, 2.45) is 0 Å². The van der Waals surface area contributed by atoms with Gasteiger partial charge in [-0.1, -0.05) is 6.07 Å². The molecule has 18 heavy (non-hydrogen) atoms. The van der Waals surface area contributed by atoms with E-state index in [0.29, 0.717) is 5.69 Å². The Kier molecular flexibility index (Phi) is 4.85. The van der Waals surface area contributed by atoms with Crippen LogP contribution in [0.3, 0.4) is 0 Å². The summed E-state index contributed by atoms with van der Waals surface area (Å²) in [6, 6.07) is 6.57. The zero-order valence-corrected chi connectivity index (χ0v) is 11.0. The lowest BCUT2D eigenvalue weighted by Crippen LogP contribution is -2.36. The summed E-state index contributed by atoms with van der Waals surface area (Å²) in [6.07, 6.45) is 0. The molecule has 0 aliphatic carbocycles. The molecule has 1 heterocycles. The molecule has 1 saturated heterocycles. The minimum absolute atomic E-state index is 0.103. The minimum atomic E-state index is -0.461. The van der Waals surface area contributed by atoms with Crippen molar-refractivity contribution in [3.63, 3.8) is 0 Å². The van der Waals surface area contributed by atoms with E-state index in [1.807, 2.05) is 17.8 Å². The maximum Gasteiger partial charge on any atom is 0.143 e. The first-order valence-electron chi connectivity index (χ1n) is 6.04. The van der Waals surface area contributed by atoms with Gasteiger partial charge in [-0.15, -0.1) is 0 Å². The average Bonchev–Trinajstić information content (AvgIpc) is 2.40. The maximum atomic E-state index is 13.4. The minimum Gasteiger partial charge on any atom is -0.383 e. The van der Waals surface area contributed by atoms with Gasteiger partial charge in [-0.3, -0.25) is 4.90 Å². The number of nitriles is 1. The van der Waals surface area contributed by atoms with Gasteiger partial charge in [0.25, 0.3) is 0 Å². The molecule has 2 rings (SSSR count). The Labute approximate surface area is 111 Å². The molecule has 1 aromatic carbocycles. The smallest absolute Gasteiger partial charge is 0.143 e. The molecule has 1 N–H and O–H groups in total. The van der Waals surface area contributed by atoms with E-state index in [2.05, 4.69) is 10.2 Å². The van der Waals surface area contributed by atoms with Crippen LogP contribution in [0.4, 0.5) is 10.1 Å². The van der Waals surface area contributed by atoms with Crippen molar-refractivity contribution in [3.05, 3.63) is 29.6 Å². The average molecular weight is 265 g/mol. The Morgan fingerprint density at radius 2 is 2.17 bits per heavy atom. The van der Waals surface area contributed by atoms with Crippen LogP contribution >= 0.6 is 11.8 Å². The van der Waals surface area contributed by atoms with Crippen LogP contribution in [0.5, 0.6) is 0 Å². The second-order valence-electron chi connectivity index (χ2n) is 4.15. The Hall–Kier alpha value is -1.25. The first kappa shape index (κ1) is 13.2. The van der Waals surface area contributed by atoms with Crippen molar-refractivity contribution >= 4 is 17.4 Å². The molecular weight excluding hydrogens is 249 g/mol. The number of halogens is 1. The Balaban J connectivity index is 1.86. The van der Waals surface area contributed by atoms with E-state index < -0.39 is 5.82 Å². The molecule has 1 aliphatic heterocycles. The quantitative estimate of drug-likeness (QED) is 0.905. The highest BCUT2D eigenvalue weighted by molar-refractivity contribution is 7.99. The summed E-state index contributed by atoms with van der Waals surface area (Å²) >= 11 is 1.98. The van der Waals surface area contributed by atoms with Crippen LogP contribution in [0.25, 0.3) is 0 Å². The molecule has 0 unspecified atom stereocenters. The van der Waals surface area contributed by atoms with Crippen LogP contribution in [0.15, 0.2) is 18.2 Å². The highest BCUT2D eigenvalue weighted by Gasteiger charge is 2.10.